The average molecular weight is 288 g/mol. The minimum absolute atomic E-state index is 0.0384. The quantitative estimate of drug-likeness (QED) is 0.377. The summed E-state index contributed by atoms with van der Waals surface area (Å²) >= 11 is 5.84. The number of hydrogen-bond donors (Lipinski definition) is 2. The lowest BCUT2D eigenvalue weighted by Crippen LogP contribution is -2.34. The van der Waals surface area contributed by atoms with E-state index in [0.717, 1.165) is 6.07 Å². The molecule has 1 aromatic carbocycles. The summed E-state index contributed by atoms with van der Waals surface area (Å²) in [6.45, 7) is 2.52. The van der Waals surface area contributed by atoms with Crippen LogP contribution in [0, 0.1) is 5.82 Å². The van der Waals surface area contributed by atoms with E-state index in [1.54, 1.807) is 6.92 Å². The molecule has 7 heteroatoms. The second-order valence-electron chi connectivity index (χ2n) is 3.85. The fourth-order valence-electron chi connectivity index (χ4n) is 1.54. The molecule has 0 atom stereocenters. The van der Waals surface area contributed by atoms with Crippen LogP contribution < -0.4 is 5.73 Å². The van der Waals surface area contributed by atoms with E-state index in [2.05, 4.69) is 5.16 Å². The van der Waals surface area contributed by atoms with Crippen LogP contribution in [0.25, 0.3) is 0 Å². The molecule has 1 rings (SSSR count). The number of benzene rings is 1. The maximum absolute atomic E-state index is 12.9. The fraction of sp³-hybridized carbons (Fsp3) is 0.333. The summed E-state index contributed by atoms with van der Waals surface area (Å²) in [5.41, 5.74) is 5.58. The lowest BCUT2D eigenvalue weighted by atomic mass is 10.2. The Morgan fingerprint density at radius 1 is 1.58 bits per heavy atom. The van der Waals surface area contributed by atoms with E-state index in [1.165, 1.54) is 17.0 Å². The largest absolute Gasteiger partial charge is 0.409 e. The molecule has 1 amide bonds. The van der Waals surface area contributed by atoms with Crippen LogP contribution in [0.2, 0.25) is 5.02 Å². The average Bonchev–Trinajstić information content (AvgIpc) is 2.38. The Labute approximate surface area is 115 Å². The van der Waals surface area contributed by atoms with Crippen molar-refractivity contribution in [2.24, 2.45) is 10.9 Å². The minimum Gasteiger partial charge on any atom is -0.409 e. The van der Waals surface area contributed by atoms with Crippen LogP contribution in [-0.2, 0) is 0 Å². The number of carbonyl (C=O) groups is 1. The molecule has 5 nitrogen and oxygen atoms in total. The summed E-state index contributed by atoms with van der Waals surface area (Å²) in [5, 5.41) is 11.3. The van der Waals surface area contributed by atoms with Gasteiger partial charge in [-0.25, -0.2) is 4.39 Å². The second-order valence-corrected chi connectivity index (χ2v) is 4.26. The van der Waals surface area contributed by atoms with E-state index >= 15 is 0 Å². The number of amides is 1. The number of amidine groups is 1. The first kappa shape index (κ1) is 15.2. The summed E-state index contributed by atoms with van der Waals surface area (Å²) in [4.78, 5) is 13.7. The van der Waals surface area contributed by atoms with Gasteiger partial charge in [0.2, 0.25) is 0 Å². The van der Waals surface area contributed by atoms with Crippen LogP contribution in [0.4, 0.5) is 4.39 Å². The predicted octanol–water partition coefficient (Wildman–Crippen LogP) is 2.08. The molecule has 0 unspecified atom stereocenters. The fourth-order valence-corrected chi connectivity index (χ4v) is 1.78. The van der Waals surface area contributed by atoms with E-state index in [9.17, 15) is 9.18 Å². The van der Waals surface area contributed by atoms with Crippen molar-refractivity contribution in [3.05, 3.63) is 34.6 Å². The van der Waals surface area contributed by atoms with E-state index < -0.39 is 5.82 Å². The van der Waals surface area contributed by atoms with Gasteiger partial charge < -0.3 is 15.8 Å². The molecule has 0 saturated heterocycles. The van der Waals surface area contributed by atoms with Gasteiger partial charge in [0.15, 0.2) is 0 Å². The molecule has 0 bridgehead atoms. The van der Waals surface area contributed by atoms with Crippen LogP contribution in [0.3, 0.4) is 0 Å². The van der Waals surface area contributed by atoms with Gasteiger partial charge in [-0.05, 0) is 25.1 Å². The van der Waals surface area contributed by atoms with Crippen molar-refractivity contribution in [1.29, 1.82) is 0 Å². The zero-order valence-electron chi connectivity index (χ0n) is 10.4. The monoisotopic (exact) mass is 287 g/mol. The number of nitrogens with zero attached hydrogens (tertiary/aromatic N) is 2. The zero-order chi connectivity index (χ0) is 14.4. The lowest BCUT2D eigenvalue weighted by Gasteiger charge is -2.21. The van der Waals surface area contributed by atoms with Crippen LogP contribution in [0.5, 0.6) is 0 Å². The smallest absolute Gasteiger partial charge is 0.255 e. The topological polar surface area (TPSA) is 78.9 Å². The first-order valence-corrected chi connectivity index (χ1v) is 6.08. The zero-order valence-corrected chi connectivity index (χ0v) is 11.2. The van der Waals surface area contributed by atoms with Gasteiger partial charge in [-0.2, -0.15) is 0 Å². The van der Waals surface area contributed by atoms with Gasteiger partial charge in [0.25, 0.3) is 5.91 Å². The highest BCUT2D eigenvalue weighted by atomic mass is 35.5. The molecule has 19 heavy (non-hydrogen) atoms. The number of oxime groups is 1. The summed E-state index contributed by atoms with van der Waals surface area (Å²) in [6.07, 6.45) is 0.245. The molecule has 3 N–H and O–H groups in total. The summed E-state index contributed by atoms with van der Waals surface area (Å²) in [6, 6.07) is 3.61. The summed E-state index contributed by atoms with van der Waals surface area (Å²) in [5.74, 6) is -0.782. The summed E-state index contributed by atoms with van der Waals surface area (Å²) in [7, 11) is 0. The second kappa shape index (κ2) is 6.94. The predicted molar refractivity (Wildman–Crippen MR) is 71.0 cm³/mol. The molecule has 0 aliphatic heterocycles. The van der Waals surface area contributed by atoms with E-state index in [1.807, 2.05) is 0 Å². The standard InChI is InChI=1S/C12H15ClFN3O2/c1-2-17(6-5-11(15)16-19)12(18)9-4-3-8(14)7-10(9)13/h3-4,7,19H,2,5-6H2,1H3,(H2,15,16). The Morgan fingerprint density at radius 3 is 2.79 bits per heavy atom. The van der Waals surface area contributed by atoms with E-state index in [0.29, 0.717) is 13.1 Å². The molecule has 1 aromatic rings. The van der Waals surface area contributed by atoms with Gasteiger partial charge in [0.1, 0.15) is 11.7 Å². The molecule has 0 aliphatic rings. The third kappa shape index (κ3) is 4.10. The molecular weight excluding hydrogens is 273 g/mol. The first-order chi connectivity index (χ1) is 8.99. The molecule has 104 valence electrons. The minimum atomic E-state index is -0.499. The van der Waals surface area contributed by atoms with Crippen molar-refractivity contribution in [3.63, 3.8) is 0 Å². The highest BCUT2D eigenvalue weighted by Gasteiger charge is 2.17. The maximum Gasteiger partial charge on any atom is 0.255 e. The van der Waals surface area contributed by atoms with E-state index in [-0.39, 0.29) is 28.7 Å². The third-order valence-corrected chi connectivity index (χ3v) is 2.91. The number of halogens is 2. The van der Waals surface area contributed by atoms with Gasteiger partial charge >= 0.3 is 0 Å². The molecule has 0 heterocycles. The summed E-state index contributed by atoms with van der Waals surface area (Å²) < 4.78 is 12.9. The van der Waals surface area contributed by atoms with Crippen LogP contribution >= 0.6 is 11.6 Å². The normalized spacial score (nSPS) is 11.4. The molecule has 0 radical (unpaired) electrons. The first-order valence-electron chi connectivity index (χ1n) is 5.70. The van der Waals surface area contributed by atoms with Crippen molar-refractivity contribution in [2.45, 2.75) is 13.3 Å². The Morgan fingerprint density at radius 2 is 2.26 bits per heavy atom. The van der Waals surface area contributed by atoms with Gasteiger partial charge in [0.05, 0.1) is 10.6 Å². The Bertz CT molecular complexity index is 494. The van der Waals surface area contributed by atoms with Crippen molar-refractivity contribution >= 4 is 23.3 Å². The van der Waals surface area contributed by atoms with Crippen LogP contribution in [0.1, 0.15) is 23.7 Å². The molecule has 0 saturated carbocycles. The Hall–Kier alpha value is -1.82. The molecular formula is C12H15ClFN3O2. The van der Waals surface area contributed by atoms with Crippen molar-refractivity contribution < 1.29 is 14.4 Å². The number of hydrogen-bond acceptors (Lipinski definition) is 3. The molecule has 0 aliphatic carbocycles. The lowest BCUT2D eigenvalue weighted by molar-refractivity contribution is 0.0768. The van der Waals surface area contributed by atoms with Crippen molar-refractivity contribution in [1.82, 2.24) is 4.90 Å². The SMILES string of the molecule is CCN(CCC(N)=NO)C(=O)c1ccc(F)cc1Cl. The van der Waals surface area contributed by atoms with Crippen LogP contribution in [-0.4, -0.2) is 34.9 Å². The Balaban J connectivity index is 2.83. The van der Waals surface area contributed by atoms with Crippen molar-refractivity contribution in [3.8, 4) is 0 Å². The Kier molecular flexibility index (Phi) is 5.57. The third-order valence-electron chi connectivity index (χ3n) is 2.60. The number of rotatable bonds is 5. The van der Waals surface area contributed by atoms with Crippen molar-refractivity contribution in [2.75, 3.05) is 13.1 Å². The molecule has 0 fully saturated rings. The highest BCUT2D eigenvalue weighted by Crippen LogP contribution is 2.19. The van der Waals surface area contributed by atoms with Gasteiger partial charge in [-0.15, -0.1) is 0 Å². The molecule has 0 spiro atoms. The van der Waals surface area contributed by atoms with Crippen LogP contribution in [0.15, 0.2) is 23.4 Å². The van der Waals surface area contributed by atoms with Gasteiger partial charge in [0, 0.05) is 19.5 Å². The maximum atomic E-state index is 12.9. The van der Waals surface area contributed by atoms with Gasteiger partial charge in [-0.3, -0.25) is 4.79 Å². The molecule has 0 aromatic heterocycles. The van der Waals surface area contributed by atoms with E-state index in [4.69, 9.17) is 22.5 Å². The number of carbonyl (C=O) groups excluding carboxylic acids is 1. The highest BCUT2D eigenvalue weighted by molar-refractivity contribution is 6.33. The van der Waals surface area contributed by atoms with Gasteiger partial charge in [-0.1, -0.05) is 16.8 Å². The number of nitrogens with two attached hydrogens (primary N) is 1.